The molecule has 0 atom stereocenters. The lowest BCUT2D eigenvalue weighted by atomic mass is 10.2. The lowest BCUT2D eigenvalue weighted by Gasteiger charge is -2.24. The number of benzene rings is 1. The molecule has 1 fully saturated rings. The number of carbonyl (C=O) groups excluding carboxylic acids is 1. The number of amides is 1. The minimum Gasteiger partial charge on any atom is -0.354 e. The second-order valence-electron chi connectivity index (χ2n) is 6.28. The summed E-state index contributed by atoms with van der Waals surface area (Å²) in [5.74, 6) is -0.813. The Balaban J connectivity index is 1.75. The van der Waals surface area contributed by atoms with Crippen LogP contribution in [0.5, 0.6) is 0 Å². The number of hydrogen-bond acceptors (Lipinski definition) is 3. The molecule has 1 amide bonds. The van der Waals surface area contributed by atoms with E-state index in [1.54, 1.807) is 4.90 Å². The zero-order valence-corrected chi connectivity index (χ0v) is 16.8. The van der Waals surface area contributed by atoms with Crippen LogP contribution in [0.4, 0.5) is 23.4 Å². The van der Waals surface area contributed by atoms with Crippen molar-refractivity contribution in [2.75, 3.05) is 31.1 Å². The van der Waals surface area contributed by atoms with Gasteiger partial charge in [0.1, 0.15) is 11.6 Å². The number of anilines is 1. The van der Waals surface area contributed by atoms with E-state index in [2.05, 4.69) is 20.9 Å². The van der Waals surface area contributed by atoms with Gasteiger partial charge in [0.25, 0.3) is 5.91 Å². The van der Waals surface area contributed by atoms with Gasteiger partial charge in [-0.15, -0.1) is 0 Å². The Kier molecular flexibility index (Phi) is 6.14. The molecule has 150 valence electrons. The molecule has 0 spiro atoms. The van der Waals surface area contributed by atoms with Crippen LogP contribution in [0.15, 0.2) is 34.9 Å². The molecule has 28 heavy (non-hydrogen) atoms. The predicted octanol–water partition coefficient (Wildman–Crippen LogP) is 5.01. The van der Waals surface area contributed by atoms with Gasteiger partial charge in [0.05, 0.1) is 16.1 Å². The molecule has 0 saturated carbocycles. The van der Waals surface area contributed by atoms with Crippen LogP contribution in [0.25, 0.3) is 0 Å². The summed E-state index contributed by atoms with van der Waals surface area (Å²) in [6.45, 7) is 1.44. The van der Waals surface area contributed by atoms with Gasteiger partial charge in [0.15, 0.2) is 0 Å². The Bertz CT molecular complexity index is 894. The third-order valence-electron chi connectivity index (χ3n) is 4.39. The van der Waals surface area contributed by atoms with E-state index < -0.39 is 23.5 Å². The molecule has 2 aromatic rings. The minimum absolute atomic E-state index is 0.0338. The van der Waals surface area contributed by atoms with Crippen LogP contribution < -0.4 is 4.90 Å². The number of nitrogens with zero attached hydrogens (tertiary/aromatic N) is 3. The average molecular weight is 481 g/mol. The van der Waals surface area contributed by atoms with E-state index in [1.807, 2.05) is 0 Å². The third kappa shape index (κ3) is 4.57. The molecule has 0 unspecified atom stereocenters. The zero-order valence-electron chi connectivity index (χ0n) is 14.4. The summed E-state index contributed by atoms with van der Waals surface area (Å²) >= 11 is 9.24. The van der Waals surface area contributed by atoms with E-state index in [0.717, 1.165) is 12.3 Å². The van der Waals surface area contributed by atoms with Gasteiger partial charge in [0, 0.05) is 36.8 Å². The maximum Gasteiger partial charge on any atom is 0.417 e. The van der Waals surface area contributed by atoms with Gasteiger partial charge in [-0.05, 0) is 30.7 Å². The minimum atomic E-state index is -4.52. The third-order valence-corrected chi connectivity index (χ3v) is 5.16. The Morgan fingerprint density at radius 3 is 2.57 bits per heavy atom. The first-order valence-corrected chi connectivity index (χ1v) is 9.56. The Labute approximate surface area is 172 Å². The van der Waals surface area contributed by atoms with Crippen molar-refractivity contribution in [2.24, 2.45) is 0 Å². The van der Waals surface area contributed by atoms with E-state index in [1.165, 1.54) is 23.1 Å². The van der Waals surface area contributed by atoms with Gasteiger partial charge in [-0.2, -0.15) is 13.2 Å². The molecule has 0 N–H and O–H groups in total. The van der Waals surface area contributed by atoms with Gasteiger partial charge >= 0.3 is 6.18 Å². The Hall–Kier alpha value is -1.87. The van der Waals surface area contributed by atoms with E-state index in [0.29, 0.717) is 30.5 Å². The predicted molar refractivity (Wildman–Crippen MR) is 101 cm³/mol. The fourth-order valence-corrected chi connectivity index (χ4v) is 3.63. The second-order valence-corrected chi connectivity index (χ2v) is 7.61. The average Bonchev–Trinajstić information content (AvgIpc) is 2.88. The summed E-state index contributed by atoms with van der Waals surface area (Å²) in [6.07, 6.45) is -3.24. The number of hydrogen-bond donors (Lipinski definition) is 0. The molecular weight excluding hydrogens is 466 g/mol. The molecule has 4 nitrogen and oxygen atoms in total. The molecule has 1 saturated heterocycles. The van der Waals surface area contributed by atoms with Crippen LogP contribution in [0.2, 0.25) is 5.02 Å². The number of pyridine rings is 1. The van der Waals surface area contributed by atoms with Crippen LogP contribution in [0.3, 0.4) is 0 Å². The number of halogens is 6. The van der Waals surface area contributed by atoms with Crippen LogP contribution in [0.1, 0.15) is 22.3 Å². The van der Waals surface area contributed by atoms with Crippen molar-refractivity contribution < 1.29 is 22.4 Å². The molecule has 0 radical (unpaired) electrons. The smallest absolute Gasteiger partial charge is 0.354 e. The molecule has 0 bridgehead atoms. The molecule has 1 aliphatic heterocycles. The molecule has 1 aromatic carbocycles. The summed E-state index contributed by atoms with van der Waals surface area (Å²) < 4.78 is 52.9. The van der Waals surface area contributed by atoms with E-state index >= 15 is 0 Å². The first-order valence-electron chi connectivity index (χ1n) is 8.39. The van der Waals surface area contributed by atoms with Gasteiger partial charge < -0.3 is 9.80 Å². The van der Waals surface area contributed by atoms with Crippen LogP contribution in [-0.2, 0) is 6.18 Å². The summed E-state index contributed by atoms with van der Waals surface area (Å²) in [4.78, 5) is 19.8. The van der Waals surface area contributed by atoms with Crippen molar-refractivity contribution in [3.63, 3.8) is 0 Å². The molecule has 2 heterocycles. The van der Waals surface area contributed by atoms with Crippen molar-refractivity contribution in [3.05, 3.63) is 56.9 Å². The fraction of sp³-hybridized carbons (Fsp3) is 0.333. The summed E-state index contributed by atoms with van der Waals surface area (Å²) in [5, 5.41) is -0.104. The number of alkyl halides is 3. The summed E-state index contributed by atoms with van der Waals surface area (Å²) in [5.41, 5.74) is -0.952. The van der Waals surface area contributed by atoms with Crippen LogP contribution >= 0.6 is 27.5 Å². The normalized spacial score (nSPS) is 15.5. The topological polar surface area (TPSA) is 36.4 Å². The summed E-state index contributed by atoms with van der Waals surface area (Å²) in [7, 11) is 0. The lowest BCUT2D eigenvalue weighted by molar-refractivity contribution is -0.137. The first kappa shape index (κ1) is 20.9. The van der Waals surface area contributed by atoms with E-state index in [-0.39, 0.29) is 22.9 Å². The highest BCUT2D eigenvalue weighted by molar-refractivity contribution is 9.10. The Morgan fingerprint density at radius 2 is 1.89 bits per heavy atom. The first-order chi connectivity index (χ1) is 13.2. The van der Waals surface area contributed by atoms with Crippen molar-refractivity contribution in [3.8, 4) is 0 Å². The summed E-state index contributed by atoms with van der Waals surface area (Å²) in [6, 6.07) is 4.99. The van der Waals surface area contributed by atoms with Crippen molar-refractivity contribution in [1.82, 2.24) is 9.88 Å². The largest absolute Gasteiger partial charge is 0.417 e. The van der Waals surface area contributed by atoms with Gasteiger partial charge in [-0.3, -0.25) is 4.79 Å². The highest BCUT2D eigenvalue weighted by Crippen LogP contribution is 2.33. The SMILES string of the molecule is O=C(c1cc(Br)ccc1F)N1CCCN(c2ncc(C(F)(F)F)cc2Cl)CC1. The molecule has 10 heteroatoms. The maximum atomic E-state index is 14.0. The maximum absolute atomic E-state index is 14.0. The monoisotopic (exact) mass is 479 g/mol. The highest BCUT2D eigenvalue weighted by Gasteiger charge is 2.32. The standard InChI is InChI=1S/C18H15BrClF4N3O/c19-12-2-3-15(21)13(9-12)17(28)27-5-1-4-26(6-7-27)16-14(20)8-11(10-25-16)18(22,23)24/h2-3,8-10H,1,4-7H2. The molecular formula is C18H15BrClF4N3O. The van der Waals surface area contributed by atoms with E-state index in [9.17, 15) is 22.4 Å². The molecule has 1 aliphatic rings. The van der Waals surface area contributed by atoms with Gasteiger partial charge in [-0.25, -0.2) is 9.37 Å². The molecule has 1 aromatic heterocycles. The zero-order chi connectivity index (χ0) is 20.5. The second kappa shape index (κ2) is 8.24. The number of rotatable bonds is 2. The highest BCUT2D eigenvalue weighted by atomic mass is 79.9. The van der Waals surface area contributed by atoms with Gasteiger partial charge in [-0.1, -0.05) is 27.5 Å². The quantitative estimate of drug-likeness (QED) is 0.567. The van der Waals surface area contributed by atoms with Crippen LogP contribution in [0, 0.1) is 5.82 Å². The fourth-order valence-electron chi connectivity index (χ4n) is 2.98. The van der Waals surface area contributed by atoms with Crippen molar-refractivity contribution in [2.45, 2.75) is 12.6 Å². The van der Waals surface area contributed by atoms with Gasteiger partial charge in [0.2, 0.25) is 0 Å². The van der Waals surface area contributed by atoms with Crippen LogP contribution in [-0.4, -0.2) is 42.0 Å². The van der Waals surface area contributed by atoms with Crippen molar-refractivity contribution in [1.29, 1.82) is 0 Å². The van der Waals surface area contributed by atoms with E-state index in [4.69, 9.17) is 11.6 Å². The van der Waals surface area contributed by atoms with Crippen molar-refractivity contribution >= 4 is 39.3 Å². The Morgan fingerprint density at radius 1 is 1.14 bits per heavy atom. The molecule has 0 aliphatic carbocycles. The number of aromatic nitrogens is 1. The molecule has 3 rings (SSSR count). The lowest BCUT2D eigenvalue weighted by Crippen LogP contribution is -2.36. The number of carbonyl (C=O) groups is 1.